The molecule has 0 bridgehead atoms. The molecule has 0 radical (unpaired) electrons. The van der Waals surface area contributed by atoms with Crippen LogP contribution in [0.15, 0.2) is 64.5 Å². The number of hydrogen-bond acceptors (Lipinski definition) is 6. The van der Waals surface area contributed by atoms with Gasteiger partial charge in [-0.15, -0.1) is 0 Å². The Morgan fingerprint density at radius 3 is 2.46 bits per heavy atom. The lowest BCUT2D eigenvalue weighted by atomic mass is 10.1. The number of aliphatic hydroxyl groups is 1. The van der Waals surface area contributed by atoms with Crippen LogP contribution in [0.1, 0.15) is 18.5 Å². The summed E-state index contributed by atoms with van der Waals surface area (Å²) in [5, 5.41) is 10.6. The van der Waals surface area contributed by atoms with Crippen molar-refractivity contribution in [2.75, 3.05) is 11.5 Å². The molecule has 1 aliphatic rings. The number of aliphatic hydroxyl groups excluding tert-OH is 1. The maximum atomic E-state index is 13.3. The van der Waals surface area contributed by atoms with Crippen LogP contribution >= 0.6 is 11.8 Å². The molecule has 1 saturated heterocycles. The van der Waals surface area contributed by atoms with E-state index in [0.717, 1.165) is 17.3 Å². The van der Waals surface area contributed by atoms with E-state index >= 15 is 0 Å². The van der Waals surface area contributed by atoms with Crippen LogP contribution in [0.3, 0.4) is 0 Å². The zero-order chi connectivity index (χ0) is 19.9. The molecule has 28 heavy (non-hydrogen) atoms. The molecule has 1 aliphatic heterocycles. The fraction of sp³-hybridized carbons (Fsp3) is 0.300. The van der Waals surface area contributed by atoms with Gasteiger partial charge in [0, 0.05) is 0 Å². The molecule has 3 aromatic rings. The summed E-state index contributed by atoms with van der Waals surface area (Å²) in [6, 6.07) is 16.4. The Hall–Kier alpha value is -2.16. The number of thioether (sulfide) groups is 1. The predicted molar refractivity (Wildman–Crippen MR) is 111 cm³/mol. The normalized spacial score (nSPS) is 22.4. The molecule has 0 amide bonds. The number of hydrogen-bond donors (Lipinski definition) is 1. The maximum Gasteiger partial charge on any atom is 0.262 e. The van der Waals surface area contributed by atoms with Crippen LogP contribution in [0.2, 0.25) is 0 Å². The minimum absolute atomic E-state index is 0.124. The van der Waals surface area contributed by atoms with Crippen molar-refractivity contribution in [3.8, 4) is 0 Å². The highest BCUT2D eigenvalue weighted by Gasteiger charge is 2.38. The van der Waals surface area contributed by atoms with Gasteiger partial charge >= 0.3 is 0 Å². The summed E-state index contributed by atoms with van der Waals surface area (Å²) in [7, 11) is -3.29. The van der Waals surface area contributed by atoms with E-state index in [-0.39, 0.29) is 23.1 Å². The van der Waals surface area contributed by atoms with Crippen molar-refractivity contribution in [2.24, 2.45) is 0 Å². The molecule has 0 saturated carbocycles. The van der Waals surface area contributed by atoms with Crippen molar-refractivity contribution in [1.82, 2.24) is 9.55 Å². The van der Waals surface area contributed by atoms with Crippen molar-refractivity contribution in [3.05, 3.63) is 70.5 Å². The van der Waals surface area contributed by atoms with Gasteiger partial charge in [0.05, 0.1) is 39.8 Å². The Kier molecular flexibility index (Phi) is 5.03. The second-order valence-corrected chi connectivity index (χ2v) is 10.3. The molecule has 1 fully saturated rings. The van der Waals surface area contributed by atoms with Crippen LogP contribution in [0.25, 0.3) is 10.9 Å². The standard InChI is InChI=1S/C20H20N2O4S2/c1-13(14-7-3-2-4-8-14)22-19(24)15-9-5-6-10-16(15)21-20(22)27-18-12-28(25,26)11-17(18)23/h2-10,13,17-18,23H,11-12H2,1H3/t13-,17-,18+/m0/s1. The van der Waals surface area contributed by atoms with Crippen LogP contribution in [0.4, 0.5) is 0 Å². The Morgan fingerprint density at radius 1 is 1.11 bits per heavy atom. The molecule has 2 heterocycles. The first kappa shape index (κ1) is 19.2. The highest BCUT2D eigenvalue weighted by Crippen LogP contribution is 2.32. The second-order valence-electron chi connectivity index (χ2n) is 6.97. The number of rotatable bonds is 4. The summed E-state index contributed by atoms with van der Waals surface area (Å²) in [5.74, 6) is -0.377. The van der Waals surface area contributed by atoms with E-state index in [4.69, 9.17) is 0 Å². The average molecular weight is 417 g/mol. The summed E-state index contributed by atoms with van der Waals surface area (Å²) in [6.45, 7) is 1.92. The zero-order valence-electron chi connectivity index (χ0n) is 15.2. The summed E-state index contributed by atoms with van der Waals surface area (Å²) in [6.07, 6.45) is -0.973. The summed E-state index contributed by atoms with van der Waals surface area (Å²) >= 11 is 1.16. The van der Waals surface area contributed by atoms with Crippen LogP contribution in [-0.2, 0) is 9.84 Å². The van der Waals surface area contributed by atoms with Crippen molar-refractivity contribution in [2.45, 2.75) is 29.5 Å². The van der Waals surface area contributed by atoms with E-state index in [0.29, 0.717) is 16.1 Å². The number of nitrogens with zero attached hydrogens (tertiary/aromatic N) is 2. The minimum Gasteiger partial charge on any atom is -0.391 e. The van der Waals surface area contributed by atoms with Gasteiger partial charge in [-0.1, -0.05) is 54.2 Å². The lowest BCUT2D eigenvalue weighted by molar-refractivity contribution is 0.207. The SMILES string of the molecule is C[C@@H](c1ccccc1)n1c(S[C@@H]2CS(=O)(=O)C[C@@H]2O)nc2ccccc2c1=O. The fourth-order valence-corrected chi connectivity index (χ4v) is 7.13. The molecule has 2 aromatic carbocycles. The van der Waals surface area contributed by atoms with Crippen molar-refractivity contribution in [3.63, 3.8) is 0 Å². The van der Waals surface area contributed by atoms with Gasteiger partial charge in [-0.2, -0.15) is 0 Å². The van der Waals surface area contributed by atoms with Crippen molar-refractivity contribution < 1.29 is 13.5 Å². The molecule has 3 atom stereocenters. The quantitative estimate of drug-likeness (QED) is 0.656. The van der Waals surface area contributed by atoms with E-state index in [9.17, 15) is 18.3 Å². The van der Waals surface area contributed by atoms with E-state index in [1.165, 1.54) is 0 Å². The Morgan fingerprint density at radius 2 is 1.79 bits per heavy atom. The molecular formula is C20H20N2O4S2. The molecule has 0 unspecified atom stereocenters. The van der Waals surface area contributed by atoms with E-state index in [1.54, 1.807) is 22.8 Å². The largest absolute Gasteiger partial charge is 0.391 e. The monoisotopic (exact) mass is 416 g/mol. The summed E-state index contributed by atoms with van der Waals surface area (Å²) < 4.78 is 25.4. The Labute approximate surface area is 167 Å². The van der Waals surface area contributed by atoms with E-state index in [2.05, 4.69) is 4.98 Å². The van der Waals surface area contributed by atoms with Gasteiger partial charge < -0.3 is 5.11 Å². The van der Waals surface area contributed by atoms with E-state index in [1.807, 2.05) is 43.3 Å². The Bertz CT molecular complexity index is 1180. The molecular weight excluding hydrogens is 396 g/mol. The second kappa shape index (κ2) is 7.35. The third-order valence-electron chi connectivity index (χ3n) is 4.97. The zero-order valence-corrected chi connectivity index (χ0v) is 16.9. The number of sulfone groups is 1. The average Bonchev–Trinajstić information content (AvgIpc) is 2.93. The molecule has 1 aromatic heterocycles. The smallest absolute Gasteiger partial charge is 0.262 e. The third-order valence-corrected chi connectivity index (χ3v) is 8.18. The third kappa shape index (κ3) is 3.59. The number of fused-ring (bicyclic) bond motifs is 1. The summed E-state index contributed by atoms with van der Waals surface area (Å²) in [4.78, 5) is 17.9. The molecule has 0 spiro atoms. The van der Waals surface area contributed by atoms with Gasteiger partial charge in [-0.25, -0.2) is 13.4 Å². The van der Waals surface area contributed by atoms with Crippen LogP contribution in [0.5, 0.6) is 0 Å². The molecule has 0 aliphatic carbocycles. The molecule has 1 N–H and O–H groups in total. The lowest BCUT2D eigenvalue weighted by Crippen LogP contribution is -2.29. The van der Waals surface area contributed by atoms with Crippen LogP contribution in [0, 0.1) is 0 Å². The van der Waals surface area contributed by atoms with Crippen LogP contribution in [-0.4, -0.2) is 45.9 Å². The first-order valence-corrected chi connectivity index (χ1v) is 11.7. The Balaban J connectivity index is 1.85. The number of aromatic nitrogens is 2. The fourth-order valence-electron chi connectivity index (χ4n) is 3.48. The van der Waals surface area contributed by atoms with Gasteiger partial charge in [0.15, 0.2) is 15.0 Å². The highest BCUT2D eigenvalue weighted by molar-refractivity contribution is 8.01. The number of para-hydroxylation sites is 1. The van der Waals surface area contributed by atoms with Gasteiger partial charge in [-0.3, -0.25) is 9.36 Å². The minimum atomic E-state index is -3.29. The van der Waals surface area contributed by atoms with Crippen molar-refractivity contribution >= 4 is 32.5 Å². The number of benzene rings is 2. The van der Waals surface area contributed by atoms with Gasteiger partial charge in [0.1, 0.15) is 0 Å². The predicted octanol–water partition coefficient (Wildman–Crippen LogP) is 2.26. The first-order valence-electron chi connectivity index (χ1n) is 8.97. The van der Waals surface area contributed by atoms with Gasteiger partial charge in [-0.05, 0) is 24.6 Å². The van der Waals surface area contributed by atoms with E-state index < -0.39 is 21.2 Å². The van der Waals surface area contributed by atoms with Gasteiger partial charge in [0.2, 0.25) is 0 Å². The lowest BCUT2D eigenvalue weighted by Gasteiger charge is -2.22. The van der Waals surface area contributed by atoms with Gasteiger partial charge in [0.25, 0.3) is 5.56 Å². The maximum absolute atomic E-state index is 13.3. The van der Waals surface area contributed by atoms with Crippen molar-refractivity contribution in [1.29, 1.82) is 0 Å². The molecule has 146 valence electrons. The molecule has 6 nitrogen and oxygen atoms in total. The highest BCUT2D eigenvalue weighted by atomic mass is 32.2. The molecule has 8 heteroatoms. The first-order chi connectivity index (χ1) is 13.4. The van der Waals surface area contributed by atoms with Crippen LogP contribution < -0.4 is 5.56 Å². The molecule has 4 rings (SSSR count). The topological polar surface area (TPSA) is 89.3 Å². The summed E-state index contributed by atoms with van der Waals surface area (Å²) in [5.41, 5.74) is 1.32.